The van der Waals surface area contributed by atoms with Gasteiger partial charge in [-0.3, -0.25) is 4.79 Å². The highest BCUT2D eigenvalue weighted by molar-refractivity contribution is 9.10. The Balaban J connectivity index is 2.32. The van der Waals surface area contributed by atoms with Gasteiger partial charge in [-0.15, -0.1) is 0 Å². The van der Waals surface area contributed by atoms with E-state index in [4.69, 9.17) is 0 Å². The smallest absolute Gasteiger partial charge is 0.195 e. The molecule has 0 saturated heterocycles. The van der Waals surface area contributed by atoms with E-state index in [9.17, 15) is 4.79 Å². The summed E-state index contributed by atoms with van der Waals surface area (Å²) in [5.74, 6) is 0.634. The summed E-state index contributed by atoms with van der Waals surface area (Å²) in [5.41, 5.74) is 1.96. The normalized spacial score (nSPS) is 15.6. The highest BCUT2D eigenvalue weighted by Gasteiger charge is 2.29. The van der Waals surface area contributed by atoms with Gasteiger partial charge in [-0.2, -0.15) is 0 Å². The fourth-order valence-corrected chi connectivity index (χ4v) is 2.37. The van der Waals surface area contributed by atoms with Gasteiger partial charge in [0.25, 0.3) is 0 Å². The fraction of sp³-hybridized carbons (Fsp3) is 0.333. The first-order chi connectivity index (χ1) is 7.66. The van der Waals surface area contributed by atoms with E-state index in [1.54, 1.807) is 6.92 Å². The van der Waals surface area contributed by atoms with Crippen LogP contribution in [-0.2, 0) is 0 Å². The predicted molar refractivity (Wildman–Crippen MR) is 65.7 cm³/mol. The first-order valence-corrected chi connectivity index (χ1v) is 6.14. The highest BCUT2D eigenvalue weighted by atomic mass is 79.9. The molecule has 1 aromatic heterocycles. The van der Waals surface area contributed by atoms with Crippen LogP contribution in [-0.4, -0.2) is 15.3 Å². The van der Waals surface area contributed by atoms with Crippen LogP contribution in [0.2, 0.25) is 0 Å². The third-order valence-corrected chi connectivity index (χ3v) is 3.37. The molecule has 4 heteroatoms. The minimum Gasteiger partial charge on any atom is -0.318 e. The van der Waals surface area contributed by atoms with E-state index in [-0.39, 0.29) is 5.78 Å². The fourth-order valence-electron chi connectivity index (χ4n) is 2.02. The molecule has 1 saturated carbocycles. The maximum absolute atomic E-state index is 11.6. The Morgan fingerprint density at radius 3 is 2.88 bits per heavy atom. The molecule has 16 heavy (non-hydrogen) atoms. The summed E-state index contributed by atoms with van der Waals surface area (Å²) >= 11 is 3.42. The van der Waals surface area contributed by atoms with E-state index >= 15 is 0 Å². The number of Topliss-reactive ketones (excluding diaryl/α,β-unsaturated/α-hetero) is 1. The number of aromatic nitrogens is 2. The summed E-state index contributed by atoms with van der Waals surface area (Å²) in [4.78, 5) is 16.0. The molecule has 3 rings (SSSR count). The Morgan fingerprint density at radius 2 is 2.25 bits per heavy atom. The van der Waals surface area contributed by atoms with Crippen LogP contribution in [0.3, 0.4) is 0 Å². The monoisotopic (exact) mass is 278 g/mol. The van der Waals surface area contributed by atoms with E-state index < -0.39 is 0 Å². The van der Waals surface area contributed by atoms with Gasteiger partial charge in [-0.1, -0.05) is 15.9 Å². The number of benzene rings is 1. The SMILES string of the molecule is CC(=O)c1nc2cc(Br)ccc2n1C1CC1. The van der Waals surface area contributed by atoms with Gasteiger partial charge in [0.05, 0.1) is 11.0 Å². The second-order valence-electron chi connectivity index (χ2n) is 4.23. The van der Waals surface area contributed by atoms with Gasteiger partial charge in [0, 0.05) is 17.4 Å². The van der Waals surface area contributed by atoms with E-state index in [0.29, 0.717) is 11.9 Å². The van der Waals surface area contributed by atoms with Crippen molar-refractivity contribution in [3.63, 3.8) is 0 Å². The Labute approximate surface area is 102 Å². The van der Waals surface area contributed by atoms with Gasteiger partial charge in [0.15, 0.2) is 11.6 Å². The molecule has 1 heterocycles. The molecule has 1 aliphatic rings. The van der Waals surface area contributed by atoms with Gasteiger partial charge >= 0.3 is 0 Å². The molecule has 0 radical (unpaired) electrons. The van der Waals surface area contributed by atoms with Crippen LogP contribution in [0.1, 0.15) is 36.4 Å². The van der Waals surface area contributed by atoms with Crippen molar-refractivity contribution in [2.45, 2.75) is 25.8 Å². The van der Waals surface area contributed by atoms with Crippen molar-refractivity contribution < 1.29 is 4.79 Å². The molecule has 0 N–H and O–H groups in total. The number of hydrogen-bond acceptors (Lipinski definition) is 2. The van der Waals surface area contributed by atoms with Crippen LogP contribution in [0.25, 0.3) is 11.0 Å². The van der Waals surface area contributed by atoms with Crippen molar-refractivity contribution in [2.24, 2.45) is 0 Å². The molecule has 3 nitrogen and oxygen atoms in total. The standard InChI is InChI=1S/C12H11BrN2O/c1-7(16)12-14-10-6-8(13)2-5-11(10)15(12)9-3-4-9/h2,5-6,9H,3-4H2,1H3. The molecular weight excluding hydrogens is 268 g/mol. The molecule has 1 fully saturated rings. The molecule has 0 amide bonds. The van der Waals surface area contributed by atoms with Crippen LogP contribution in [0, 0.1) is 0 Å². The summed E-state index contributed by atoms with van der Waals surface area (Å²) in [6.45, 7) is 1.58. The second kappa shape index (κ2) is 3.42. The number of ketones is 1. The maximum atomic E-state index is 11.6. The minimum atomic E-state index is 0.0409. The first-order valence-electron chi connectivity index (χ1n) is 5.35. The van der Waals surface area contributed by atoms with Gasteiger partial charge in [0.1, 0.15) is 0 Å². The number of carbonyl (C=O) groups excluding carboxylic acids is 1. The van der Waals surface area contributed by atoms with E-state index in [0.717, 1.165) is 28.3 Å². The Kier molecular flexibility index (Phi) is 2.14. The number of fused-ring (bicyclic) bond motifs is 1. The summed E-state index contributed by atoms with van der Waals surface area (Å²) in [6, 6.07) is 6.45. The van der Waals surface area contributed by atoms with Crippen molar-refractivity contribution in [3.8, 4) is 0 Å². The average molecular weight is 279 g/mol. The maximum Gasteiger partial charge on any atom is 0.195 e. The lowest BCUT2D eigenvalue weighted by Crippen LogP contribution is -2.05. The van der Waals surface area contributed by atoms with Gasteiger partial charge in [-0.25, -0.2) is 4.98 Å². The lowest BCUT2D eigenvalue weighted by molar-refractivity contribution is 0.1000. The summed E-state index contributed by atoms with van der Waals surface area (Å²) < 4.78 is 3.08. The topological polar surface area (TPSA) is 34.9 Å². The Morgan fingerprint density at radius 1 is 1.50 bits per heavy atom. The molecule has 2 aromatic rings. The molecule has 0 bridgehead atoms. The first kappa shape index (κ1) is 10.0. The van der Waals surface area contributed by atoms with Crippen molar-refractivity contribution in [1.82, 2.24) is 9.55 Å². The Bertz CT molecular complexity index is 584. The molecule has 1 aromatic carbocycles. The number of carbonyl (C=O) groups is 1. The highest BCUT2D eigenvalue weighted by Crippen LogP contribution is 2.39. The number of imidazole rings is 1. The summed E-state index contributed by atoms with van der Waals surface area (Å²) in [5, 5.41) is 0. The molecule has 82 valence electrons. The van der Waals surface area contributed by atoms with Crippen molar-refractivity contribution in [1.29, 1.82) is 0 Å². The van der Waals surface area contributed by atoms with Crippen LogP contribution in [0.5, 0.6) is 0 Å². The average Bonchev–Trinajstić information content (AvgIpc) is 2.99. The molecule has 1 aliphatic carbocycles. The molecule has 0 aliphatic heterocycles. The van der Waals surface area contributed by atoms with Crippen LogP contribution >= 0.6 is 15.9 Å². The van der Waals surface area contributed by atoms with Crippen molar-refractivity contribution in [2.75, 3.05) is 0 Å². The number of nitrogens with zero attached hydrogens (tertiary/aromatic N) is 2. The van der Waals surface area contributed by atoms with E-state index in [2.05, 4.69) is 25.5 Å². The zero-order valence-electron chi connectivity index (χ0n) is 8.90. The van der Waals surface area contributed by atoms with Gasteiger partial charge in [-0.05, 0) is 31.0 Å². The van der Waals surface area contributed by atoms with Crippen LogP contribution in [0.4, 0.5) is 0 Å². The van der Waals surface area contributed by atoms with Crippen molar-refractivity contribution >= 4 is 32.7 Å². The number of hydrogen-bond donors (Lipinski definition) is 0. The minimum absolute atomic E-state index is 0.0409. The van der Waals surface area contributed by atoms with E-state index in [1.165, 1.54) is 0 Å². The van der Waals surface area contributed by atoms with Crippen molar-refractivity contribution in [3.05, 3.63) is 28.5 Å². The van der Waals surface area contributed by atoms with Gasteiger partial charge in [0.2, 0.25) is 0 Å². The number of halogens is 1. The zero-order chi connectivity index (χ0) is 11.3. The third kappa shape index (κ3) is 1.48. The second-order valence-corrected chi connectivity index (χ2v) is 5.14. The van der Waals surface area contributed by atoms with E-state index in [1.807, 2.05) is 18.2 Å². The van der Waals surface area contributed by atoms with Crippen LogP contribution < -0.4 is 0 Å². The molecule has 0 unspecified atom stereocenters. The predicted octanol–water partition coefficient (Wildman–Crippen LogP) is 3.34. The molecular formula is C12H11BrN2O. The zero-order valence-corrected chi connectivity index (χ0v) is 10.5. The van der Waals surface area contributed by atoms with Crippen LogP contribution in [0.15, 0.2) is 22.7 Å². The Hall–Kier alpha value is -1.16. The molecule has 0 atom stereocenters. The summed E-state index contributed by atoms with van der Waals surface area (Å²) in [7, 11) is 0. The molecule has 0 spiro atoms. The largest absolute Gasteiger partial charge is 0.318 e. The third-order valence-electron chi connectivity index (χ3n) is 2.88. The summed E-state index contributed by atoms with van der Waals surface area (Å²) in [6.07, 6.45) is 2.31. The quantitative estimate of drug-likeness (QED) is 0.790. The lowest BCUT2D eigenvalue weighted by atomic mass is 10.3. The number of rotatable bonds is 2. The lowest BCUT2D eigenvalue weighted by Gasteiger charge is -2.04. The van der Waals surface area contributed by atoms with Gasteiger partial charge < -0.3 is 4.57 Å².